The van der Waals surface area contributed by atoms with Crippen LogP contribution < -0.4 is 21.1 Å². The molecule has 1 aliphatic heterocycles. The summed E-state index contributed by atoms with van der Waals surface area (Å²) in [7, 11) is 0. The molecule has 2 aliphatic rings. The lowest BCUT2D eigenvalue weighted by Crippen LogP contribution is -2.45. The molecule has 6 nitrogen and oxygen atoms in total. The van der Waals surface area contributed by atoms with Crippen molar-refractivity contribution in [3.05, 3.63) is 74.7 Å². The number of carbonyl (C=O) groups is 1. The Morgan fingerprint density at radius 2 is 1.84 bits per heavy atom. The Hall–Kier alpha value is -3.07. The molecule has 2 aromatic rings. The van der Waals surface area contributed by atoms with Crippen molar-refractivity contribution in [2.24, 2.45) is 0 Å². The maximum Gasteiger partial charge on any atom is 0.401 e. The number of aromatic nitrogens is 1. The number of H-pyrrole nitrogens is 1. The number of halogens is 3. The number of nitrogens with one attached hydrogen (secondary N) is 3. The number of pyridine rings is 1. The summed E-state index contributed by atoms with van der Waals surface area (Å²) in [6, 6.07) is 7.77. The van der Waals surface area contributed by atoms with Crippen molar-refractivity contribution in [1.82, 2.24) is 15.6 Å². The third kappa shape index (κ3) is 6.87. The first-order valence-electron chi connectivity index (χ1n) is 13.5. The lowest BCUT2D eigenvalue weighted by atomic mass is 9.89. The number of nitrogens with zero attached hydrogens (tertiary/aromatic N) is 1. The minimum absolute atomic E-state index is 0.133. The third-order valence-electron chi connectivity index (χ3n) is 7.63. The minimum atomic E-state index is -4.20. The number of benzene rings is 1. The molecule has 1 aromatic carbocycles. The summed E-state index contributed by atoms with van der Waals surface area (Å²) in [5, 5.41) is 5.62. The van der Waals surface area contributed by atoms with E-state index in [0.717, 1.165) is 48.3 Å². The van der Waals surface area contributed by atoms with Crippen molar-refractivity contribution in [2.75, 3.05) is 18.0 Å². The number of rotatable bonds is 5. The van der Waals surface area contributed by atoms with Crippen LogP contribution >= 0.6 is 0 Å². The summed E-state index contributed by atoms with van der Waals surface area (Å²) >= 11 is 0. The van der Waals surface area contributed by atoms with Gasteiger partial charge in [0.1, 0.15) is 0 Å². The Morgan fingerprint density at radius 3 is 2.55 bits per heavy atom. The highest BCUT2D eigenvalue weighted by atomic mass is 19.4. The van der Waals surface area contributed by atoms with Gasteiger partial charge in [-0.1, -0.05) is 18.2 Å². The van der Waals surface area contributed by atoms with Gasteiger partial charge >= 0.3 is 6.18 Å². The van der Waals surface area contributed by atoms with Gasteiger partial charge in [0.2, 0.25) is 0 Å². The third-order valence-corrected chi connectivity index (χ3v) is 7.63. The molecular formula is C29H37F3N4O2. The van der Waals surface area contributed by atoms with Crippen LogP contribution in [0.1, 0.15) is 71.8 Å². The number of fused-ring (bicyclic) bond motifs is 2. The average Bonchev–Trinajstić information content (AvgIpc) is 2.87. The molecule has 1 aromatic heterocycles. The van der Waals surface area contributed by atoms with Crippen LogP contribution in [-0.4, -0.2) is 42.2 Å². The number of alkyl halides is 3. The number of anilines is 1. The molecule has 0 unspecified atom stereocenters. The first kappa shape index (κ1) is 28.0. The first-order chi connectivity index (χ1) is 18.2. The second-order valence-electron chi connectivity index (χ2n) is 10.3. The van der Waals surface area contributed by atoms with Crippen LogP contribution in [0.15, 0.2) is 41.2 Å². The number of hydrogen-bond acceptors (Lipinski definition) is 4. The lowest BCUT2D eigenvalue weighted by Gasteiger charge is -2.39. The van der Waals surface area contributed by atoms with Gasteiger partial charge in [0, 0.05) is 47.7 Å². The van der Waals surface area contributed by atoms with Gasteiger partial charge in [-0.3, -0.25) is 9.59 Å². The van der Waals surface area contributed by atoms with Gasteiger partial charge in [-0.25, -0.2) is 0 Å². The summed E-state index contributed by atoms with van der Waals surface area (Å²) in [5.41, 5.74) is 4.66. The molecule has 0 bridgehead atoms. The van der Waals surface area contributed by atoms with Crippen LogP contribution in [0.3, 0.4) is 0 Å². The summed E-state index contributed by atoms with van der Waals surface area (Å²) in [6.07, 6.45) is 5.02. The normalized spacial score (nSPS) is 21.3. The minimum Gasteiger partial charge on any atom is -0.369 e. The molecule has 9 heteroatoms. The predicted molar refractivity (Wildman–Crippen MR) is 144 cm³/mol. The van der Waals surface area contributed by atoms with Crippen molar-refractivity contribution < 1.29 is 18.0 Å². The van der Waals surface area contributed by atoms with E-state index in [-0.39, 0.29) is 30.1 Å². The lowest BCUT2D eigenvalue weighted by molar-refractivity contribution is -0.126. The first-order valence-corrected chi connectivity index (χ1v) is 13.5. The van der Waals surface area contributed by atoms with Gasteiger partial charge in [0.25, 0.3) is 11.5 Å². The fraction of sp³-hybridized carbons (Fsp3) is 0.517. The highest BCUT2D eigenvalue weighted by molar-refractivity contribution is 5.97. The smallest absolute Gasteiger partial charge is 0.369 e. The number of amides is 1. The van der Waals surface area contributed by atoms with Gasteiger partial charge < -0.3 is 20.5 Å². The number of carbonyl (C=O) groups excluding carboxylic acids is 1. The van der Waals surface area contributed by atoms with E-state index in [9.17, 15) is 22.8 Å². The topological polar surface area (TPSA) is 77.2 Å². The molecule has 0 spiro atoms. The van der Waals surface area contributed by atoms with Crippen molar-refractivity contribution in [3.63, 3.8) is 0 Å². The maximum atomic E-state index is 13.4. The predicted octanol–water partition coefficient (Wildman–Crippen LogP) is 4.95. The summed E-state index contributed by atoms with van der Waals surface area (Å²) in [5.74, 6) is -0.224. The van der Waals surface area contributed by atoms with Crippen molar-refractivity contribution in [1.29, 1.82) is 0 Å². The fourth-order valence-electron chi connectivity index (χ4n) is 5.77. The fourth-order valence-corrected chi connectivity index (χ4v) is 5.77. The average molecular weight is 531 g/mol. The quantitative estimate of drug-likeness (QED) is 0.479. The zero-order valence-electron chi connectivity index (χ0n) is 22.1. The monoisotopic (exact) mass is 530 g/mol. The number of aryl methyl sites for hydroxylation is 2. The summed E-state index contributed by atoms with van der Waals surface area (Å²) in [4.78, 5) is 31.2. The summed E-state index contributed by atoms with van der Waals surface area (Å²) < 4.78 is 37.9. The van der Waals surface area contributed by atoms with Gasteiger partial charge in [0.15, 0.2) is 0 Å². The van der Waals surface area contributed by atoms with Crippen LogP contribution in [0.2, 0.25) is 0 Å². The Balaban J connectivity index is 1.56. The number of aromatic amines is 1. The Kier molecular flexibility index (Phi) is 8.97. The van der Waals surface area contributed by atoms with E-state index in [1.807, 2.05) is 31.2 Å². The Labute approximate surface area is 221 Å². The molecule has 4 rings (SSSR count). The molecule has 0 atom stereocenters. The van der Waals surface area contributed by atoms with E-state index in [0.29, 0.717) is 36.8 Å². The molecule has 206 valence electrons. The van der Waals surface area contributed by atoms with E-state index in [1.54, 1.807) is 0 Å². The van der Waals surface area contributed by atoms with Gasteiger partial charge in [-0.2, -0.15) is 13.2 Å². The maximum absolute atomic E-state index is 13.4. The molecule has 1 fully saturated rings. The molecule has 0 radical (unpaired) electrons. The number of allylic oxidation sites excluding steroid dienone is 2. The molecule has 1 amide bonds. The SMILES string of the molecule is CCN(c1cccc2c1C/C=C\CCc1cc(C)[nH]c(=O)c1CNC2=O)C1CCC(NCC(F)(F)F)CC1. The van der Waals surface area contributed by atoms with Gasteiger partial charge in [-0.15, -0.1) is 0 Å². The molecule has 1 aliphatic carbocycles. The van der Waals surface area contributed by atoms with E-state index < -0.39 is 12.7 Å². The molecular weight excluding hydrogens is 493 g/mol. The van der Waals surface area contributed by atoms with Crippen LogP contribution in [0.5, 0.6) is 0 Å². The number of hydrogen-bond donors (Lipinski definition) is 3. The molecule has 38 heavy (non-hydrogen) atoms. The standard InChI is InChI=1S/C29H37F3N4O2/c1-3-36(22-14-12-21(13-15-22)34-18-29(30,31)32)26-11-7-10-24-23(26)9-6-4-5-8-20-16-19(2)35-28(38)25(20)17-33-27(24)37/h4,6-7,10-11,16,21-22,34H,3,5,8-9,12-15,17-18H2,1-2H3,(H,33,37)(H,35,38)/b6-4-. The van der Waals surface area contributed by atoms with Crippen molar-refractivity contribution in [3.8, 4) is 0 Å². The Bertz CT molecular complexity index is 1210. The summed E-state index contributed by atoms with van der Waals surface area (Å²) in [6.45, 7) is 3.86. The van der Waals surface area contributed by atoms with E-state index in [2.05, 4.69) is 39.6 Å². The van der Waals surface area contributed by atoms with E-state index >= 15 is 0 Å². The zero-order chi connectivity index (χ0) is 27.3. The zero-order valence-corrected chi connectivity index (χ0v) is 22.1. The van der Waals surface area contributed by atoms with Crippen LogP contribution in [-0.2, 0) is 19.4 Å². The van der Waals surface area contributed by atoms with Crippen LogP contribution in [0.4, 0.5) is 18.9 Å². The van der Waals surface area contributed by atoms with E-state index in [4.69, 9.17) is 0 Å². The van der Waals surface area contributed by atoms with Crippen molar-refractivity contribution >= 4 is 11.6 Å². The second kappa shape index (κ2) is 12.2. The highest BCUT2D eigenvalue weighted by Crippen LogP contribution is 2.32. The molecule has 2 heterocycles. The molecule has 0 saturated heterocycles. The van der Waals surface area contributed by atoms with E-state index in [1.165, 1.54) is 0 Å². The highest BCUT2D eigenvalue weighted by Gasteiger charge is 2.31. The Morgan fingerprint density at radius 1 is 1.08 bits per heavy atom. The van der Waals surface area contributed by atoms with Crippen LogP contribution in [0, 0.1) is 6.92 Å². The van der Waals surface area contributed by atoms with Crippen molar-refractivity contribution in [2.45, 2.75) is 83.6 Å². The van der Waals surface area contributed by atoms with Gasteiger partial charge in [-0.05, 0) is 88.1 Å². The molecule has 1 saturated carbocycles. The van der Waals surface area contributed by atoms with Gasteiger partial charge in [0.05, 0.1) is 6.54 Å². The largest absolute Gasteiger partial charge is 0.401 e. The second-order valence-corrected chi connectivity index (χ2v) is 10.3. The molecule has 3 N–H and O–H groups in total. The van der Waals surface area contributed by atoms with Crippen LogP contribution in [0.25, 0.3) is 0 Å².